The van der Waals surface area contributed by atoms with E-state index in [9.17, 15) is 14.4 Å². The first-order chi connectivity index (χ1) is 15.9. The van der Waals surface area contributed by atoms with Crippen LogP contribution in [0.5, 0.6) is 0 Å². The molecular formula is C25H22N4O3S. The van der Waals surface area contributed by atoms with Gasteiger partial charge < -0.3 is 10.2 Å². The van der Waals surface area contributed by atoms with Crippen LogP contribution in [0.25, 0.3) is 21.0 Å². The zero-order valence-corrected chi connectivity index (χ0v) is 19.1. The lowest BCUT2D eigenvalue weighted by Gasteiger charge is -2.24. The van der Waals surface area contributed by atoms with E-state index in [-0.39, 0.29) is 12.5 Å². The van der Waals surface area contributed by atoms with Crippen LogP contribution in [0, 0.1) is 0 Å². The number of carbonyl (C=O) groups is 3. The minimum absolute atomic E-state index is 0.308. The Bertz CT molecular complexity index is 1380. The Balaban J connectivity index is 1.35. The molecule has 0 saturated carbocycles. The van der Waals surface area contributed by atoms with Gasteiger partial charge >= 0.3 is 6.03 Å². The minimum Gasteiger partial charge on any atom is -0.337 e. The van der Waals surface area contributed by atoms with E-state index in [1.807, 2.05) is 66.7 Å². The molecule has 0 radical (unpaired) electrons. The number of imide groups is 1. The van der Waals surface area contributed by atoms with Crippen molar-refractivity contribution in [3.63, 3.8) is 0 Å². The highest BCUT2D eigenvalue weighted by molar-refractivity contribution is 7.18. The van der Waals surface area contributed by atoms with Crippen LogP contribution in [0.15, 0.2) is 66.7 Å². The van der Waals surface area contributed by atoms with Crippen LogP contribution < -0.4 is 5.32 Å². The lowest BCUT2D eigenvalue weighted by atomic mass is 9.88. The van der Waals surface area contributed by atoms with Gasteiger partial charge in [0.25, 0.3) is 5.91 Å². The summed E-state index contributed by atoms with van der Waals surface area (Å²) in [5.74, 6) is -0.773. The van der Waals surface area contributed by atoms with Gasteiger partial charge in [-0.05, 0) is 35.4 Å². The van der Waals surface area contributed by atoms with E-state index in [0.29, 0.717) is 12.1 Å². The topological polar surface area (TPSA) is 82.6 Å². The number of hydrogen-bond donors (Lipinski definition) is 1. The molecule has 0 aliphatic carbocycles. The standard InChI is InChI=1S/C25H22N4O3S/c1-25(18-11-7-9-16-8-3-4-10-17(16)18)23(31)29(24(32)27-25)15-22(30)28(2)14-21-26-19-12-5-6-13-20(19)33-21/h3-13H,14-15H2,1-2H3,(H,27,32)/t25-/m0/s1. The summed E-state index contributed by atoms with van der Waals surface area (Å²) in [5.41, 5.74) is 0.346. The zero-order valence-electron chi connectivity index (χ0n) is 18.2. The molecule has 0 bridgehead atoms. The minimum atomic E-state index is -1.25. The Kier molecular flexibility index (Phi) is 5.09. The highest BCUT2D eigenvalue weighted by atomic mass is 32.1. The summed E-state index contributed by atoms with van der Waals surface area (Å²) >= 11 is 1.52. The number of rotatable bonds is 5. The van der Waals surface area contributed by atoms with E-state index in [2.05, 4.69) is 10.3 Å². The molecule has 1 fully saturated rings. The van der Waals surface area contributed by atoms with E-state index >= 15 is 0 Å². The van der Waals surface area contributed by atoms with Gasteiger partial charge in [0.2, 0.25) is 5.91 Å². The molecule has 7 nitrogen and oxygen atoms in total. The fourth-order valence-corrected chi connectivity index (χ4v) is 5.24. The Morgan fingerprint density at radius 1 is 1.06 bits per heavy atom. The van der Waals surface area contributed by atoms with Gasteiger partial charge in [0.05, 0.1) is 16.8 Å². The zero-order chi connectivity index (χ0) is 23.2. The Hall–Kier alpha value is -3.78. The van der Waals surface area contributed by atoms with Crippen molar-refractivity contribution in [2.24, 2.45) is 0 Å². The fourth-order valence-electron chi connectivity index (χ4n) is 4.22. The molecule has 4 aromatic rings. The highest BCUT2D eigenvalue weighted by Crippen LogP contribution is 2.34. The van der Waals surface area contributed by atoms with Gasteiger partial charge in [-0.1, -0.05) is 54.6 Å². The van der Waals surface area contributed by atoms with Crippen molar-refractivity contribution in [1.29, 1.82) is 0 Å². The van der Waals surface area contributed by atoms with Crippen LogP contribution in [0.3, 0.4) is 0 Å². The molecule has 1 aliphatic heterocycles. The van der Waals surface area contributed by atoms with Crippen molar-refractivity contribution in [2.45, 2.75) is 19.0 Å². The predicted octanol–water partition coefficient (Wildman–Crippen LogP) is 3.88. The van der Waals surface area contributed by atoms with Gasteiger partial charge in [-0.25, -0.2) is 9.78 Å². The molecular weight excluding hydrogens is 436 g/mol. The van der Waals surface area contributed by atoms with E-state index in [1.165, 1.54) is 16.2 Å². The summed E-state index contributed by atoms with van der Waals surface area (Å²) in [6, 6.07) is 20.6. The third-order valence-corrected chi connectivity index (χ3v) is 7.05. The highest BCUT2D eigenvalue weighted by Gasteiger charge is 2.50. The molecule has 166 valence electrons. The van der Waals surface area contributed by atoms with Gasteiger partial charge in [0, 0.05) is 7.05 Å². The summed E-state index contributed by atoms with van der Waals surface area (Å²) in [4.78, 5) is 46.1. The number of thiazole rings is 1. The van der Waals surface area contributed by atoms with Crippen molar-refractivity contribution in [3.8, 4) is 0 Å². The molecule has 4 amide bonds. The molecule has 1 atom stereocenters. The number of amides is 4. The molecule has 0 spiro atoms. The van der Waals surface area contributed by atoms with Crippen LogP contribution in [0.2, 0.25) is 0 Å². The van der Waals surface area contributed by atoms with Crippen LogP contribution in [-0.4, -0.2) is 46.2 Å². The molecule has 1 aliphatic rings. The van der Waals surface area contributed by atoms with Gasteiger partial charge in [0.15, 0.2) is 0 Å². The van der Waals surface area contributed by atoms with Crippen molar-refractivity contribution >= 4 is 50.2 Å². The normalized spacial score (nSPS) is 18.2. The fraction of sp³-hybridized carbons (Fsp3) is 0.200. The molecule has 2 heterocycles. The van der Waals surface area contributed by atoms with Crippen LogP contribution in [-0.2, 0) is 21.7 Å². The lowest BCUT2D eigenvalue weighted by molar-refractivity contribution is -0.138. The summed E-state index contributed by atoms with van der Waals surface area (Å²) in [7, 11) is 1.65. The van der Waals surface area contributed by atoms with Crippen LogP contribution in [0.1, 0.15) is 17.5 Å². The number of urea groups is 1. The molecule has 3 aromatic carbocycles. The quantitative estimate of drug-likeness (QED) is 0.460. The van der Waals surface area contributed by atoms with Crippen molar-refractivity contribution < 1.29 is 14.4 Å². The monoisotopic (exact) mass is 458 g/mol. The van der Waals surface area contributed by atoms with Gasteiger partial charge in [-0.2, -0.15) is 0 Å². The number of hydrogen-bond acceptors (Lipinski definition) is 5. The first-order valence-corrected chi connectivity index (χ1v) is 11.4. The maximum Gasteiger partial charge on any atom is 0.325 e. The van der Waals surface area contributed by atoms with Crippen molar-refractivity contribution in [1.82, 2.24) is 20.1 Å². The molecule has 0 unspecified atom stereocenters. The predicted molar refractivity (Wildman–Crippen MR) is 128 cm³/mol. The second kappa shape index (κ2) is 7.97. The molecule has 5 rings (SSSR count). The average molecular weight is 459 g/mol. The Morgan fingerprint density at radius 3 is 2.61 bits per heavy atom. The number of aromatic nitrogens is 1. The summed E-state index contributed by atoms with van der Waals surface area (Å²) in [6.07, 6.45) is 0. The van der Waals surface area contributed by atoms with Crippen LogP contribution in [0.4, 0.5) is 4.79 Å². The molecule has 33 heavy (non-hydrogen) atoms. The number of nitrogens with zero attached hydrogens (tertiary/aromatic N) is 3. The SMILES string of the molecule is CN(Cc1nc2ccccc2s1)C(=O)CN1C(=O)N[C@@](C)(c2cccc3ccccc23)C1=O. The van der Waals surface area contributed by atoms with Crippen molar-refractivity contribution in [2.75, 3.05) is 13.6 Å². The van der Waals surface area contributed by atoms with Gasteiger partial charge in [-0.3, -0.25) is 14.5 Å². The second-order valence-electron chi connectivity index (χ2n) is 8.30. The van der Waals surface area contributed by atoms with Gasteiger partial charge in [-0.15, -0.1) is 11.3 Å². The maximum absolute atomic E-state index is 13.4. The summed E-state index contributed by atoms with van der Waals surface area (Å²) < 4.78 is 1.05. The average Bonchev–Trinajstić information content (AvgIpc) is 3.32. The number of para-hydroxylation sites is 1. The molecule has 1 aromatic heterocycles. The summed E-state index contributed by atoms with van der Waals surface area (Å²) in [5, 5.41) is 5.46. The largest absolute Gasteiger partial charge is 0.337 e. The second-order valence-corrected chi connectivity index (χ2v) is 9.41. The first-order valence-electron chi connectivity index (χ1n) is 10.6. The summed E-state index contributed by atoms with van der Waals surface area (Å²) in [6.45, 7) is 1.67. The van der Waals surface area contributed by atoms with E-state index in [1.54, 1.807) is 14.0 Å². The lowest BCUT2D eigenvalue weighted by Crippen LogP contribution is -2.43. The third kappa shape index (κ3) is 3.62. The van der Waals surface area contributed by atoms with E-state index in [4.69, 9.17) is 0 Å². The number of carbonyl (C=O) groups excluding carboxylic acids is 3. The first kappa shape index (κ1) is 21.1. The molecule has 1 saturated heterocycles. The number of benzene rings is 3. The Labute approximate surface area is 194 Å². The number of fused-ring (bicyclic) bond motifs is 2. The number of likely N-dealkylation sites (N-methyl/N-ethyl adjacent to an activating group) is 1. The number of nitrogens with one attached hydrogen (secondary N) is 1. The van der Waals surface area contributed by atoms with E-state index < -0.39 is 17.5 Å². The van der Waals surface area contributed by atoms with Crippen LogP contribution >= 0.6 is 11.3 Å². The smallest absolute Gasteiger partial charge is 0.325 e. The van der Waals surface area contributed by atoms with Crippen molar-refractivity contribution in [3.05, 3.63) is 77.3 Å². The van der Waals surface area contributed by atoms with Gasteiger partial charge in [0.1, 0.15) is 17.1 Å². The molecule has 1 N–H and O–H groups in total. The van der Waals surface area contributed by atoms with E-state index in [0.717, 1.165) is 30.9 Å². The maximum atomic E-state index is 13.4. The Morgan fingerprint density at radius 2 is 1.79 bits per heavy atom. The third-order valence-electron chi connectivity index (χ3n) is 6.03. The molecule has 8 heteroatoms.